The van der Waals surface area contributed by atoms with E-state index in [0.717, 1.165) is 0 Å². The lowest BCUT2D eigenvalue weighted by molar-refractivity contribution is 0.555. The Morgan fingerprint density at radius 3 is 2.56 bits per heavy atom. The van der Waals surface area contributed by atoms with Gasteiger partial charge in [0, 0.05) is 0 Å². The number of fused-ring (bicyclic) bond motifs is 1. The van der Waals surface area contributed by atoms with Crippen molar-refractivity contribution in [3.8, 4) is 0 Å². The molecule has 0 spiro atoms. The molecule has 3 aromatic rings. The summed E-state index contributed by atoms with van der Waals surface area (Å²) in [7, 11) is 0. The summed E-state index contributed by atoms with van der Waals surface area (Å²) in [6, 6.07) is 7.14. The fraction of sp³-hybridized carbons (Fsp3) is 0. The van der Waals surface area contributed by atoms with Crippen LogP contribution in [0, 0.1) is 0 Å². The maximum atomic E-state index is 10.7. The van der Waals surface area contributed by atoms with Crippen LogP contribution in [0.25, 0.3) is 11.1 Å². The molecule has 0 bridgehead atoms. The predicted octanol–water partition coefficient (Wildman–Crippen LogP) is 0.993. The number of hydrogen-bond donors (Lipinski definition) is 1. The first-order valence-corrected chi connectivity index (χ1v) is 4.51. The van der Waals surface area contributed by atoms with Crippen molar-refractivity contribution in [3.05, 3.63) is 53.3 Å². The van der Waals surface area contributed by atoms with Gasteiger partial charge < -0.3 is 4.42 Å². The molecule has 16 heavy (non-hydrogen) atoms. The zero-order chi connectivity index (χ0) is 11.2. The Kier molecular flexibility index (Phi) is 3.03. The highest BCUT2D eigenvalue weighted by Crippen LogP contribution is 2.05. The van der Waals surface area contributed by atoms with Crippen LogP contribution in [-0.2, 0) is 0 Å². The summed E-state index contributed by atoms with van der Waals surface area (Å²) in [6.07, 6.45) is 4.34. The molecule has 0 aliphatic carbocycles. The minimum atomic E-state index is -0.413. The van der Waals surface area contributed by atoms with E-state index in [4.69, 9.17) is 4.42 Å². The highest BCUT2D eigenvalue weighted by Gasteiger charge is 1.93. The lowest BCUT2D eigenvalue weighted by Crippen LogP contribution is -1.96. The smallest absolute Gasteiger partial charge is 0.354 e. The van der Waals surface area contributed by atoms with Gasteiger partial charge >= 0.3 is 5.63 Å². The SMILES string of the molecule is O=c1cnc2ccccc2o1.c1cn[nH]n1. The van der Waals surface area contributed by atoms with Gasteiger partial charge in [0.2, 0.25) is 0 Å². The molecule has 2 heterocycles. The zero-order valence-corrected chi connectivity index (χ0v) is 8.20. The first-order chi connectivity index (χ1) is 7.86. The second kappa shape index (κ2) is 4.83. The van der Waals surface area contributed by atoms with E-state index in [9.17, 15) is 4.79 Å². The lowest BCUT2D eigenvalue weighted by atomic mass is 10.3. The Bertz CT molecular complexity index is 586. The molecule has 0 atom stereocenters. The average Bonchev–Trinajstić information content (AvgIpc) is 2.87. The molecular weight excluding hydrogens is 208 g/mol. The van der Waals surface area contributed by atoms with Crippen molar-refractivity contribution in [3.63, 3.8) is 0 Å². The number of H-pyrrole nitrogens is 1. The molecule has 2 aromatic heterocycles. The Morgan fingerprint density at radius 1 is 1.12 bits per heavy atom. The summed E-state index contributed by atoms with van der Waals surface area (Å²) in [5.74, 6) is 0. The summed E-state index contributed by atoms with van der Waals surface area (Å²) in [5.41, 5.74) is 0.816. The molecule has 1 N–H and O–H groups in total. The van der Waals surface area contributed by atoms with Gasteiger partial charge in [-0.15, -0.1) is 0 Å². The normalized spacial score (nSPS) is 9.50. The third-order valence-corrected chi connectivity index (χ3v) is 1.72. The molecular formula is C10H8N4O2. The van der Waals surface area contributed by atoms with Crippen LogP contribution in [0.1, 0.15) is 0 Å². The number of rotatable bonds is 0. The van der Waals surface area contributed by atoms with Crippen molar-refractivity contribution >= 4 is 11.1 Å². The fourth-order valence-electron chi connectivity index (χ4n) is 1.07. The van der Waals surface area contributed by atoms with E-state index < -0.39 is 5.63 Å². The van der Waals surface area contributed by atoms with Gasteiger partial charge in [0.25, 0.3) is 0 Å². The number of aromatic amines is 1. The first-order valence-electron chi connectivity index (χ1n) is 4.51. The molecule has 0 saturated heterocycles. The van der Waals surface area contributed by atoms with E-state index in [1.807, 2.05) is 6.07 Å². The second-order valence-electron chi connectivity index (χ2n) is 2.80. The molecule has 0 fully saturated rings. The van der Waals surface area contributed by atoms with Crippen molar-refractivity contribution in [2.75, 3.05) is 0 Å². The van der Waals surface area contributed by atoms with Gasteiger partial charge in [-0.2, -0.15) is 15.4 Å². The predicted molar refractivity (Wildman–Crippen MR) is 56.7 cm³/mol. The highest BCUT2D eigenvalue weighted by molar-refractivity contribution is 5.70. The van der Waals surface area contributed by atoms with E-state index in [2.05, 4.69) is 20.4 Å². The summed E-state index contributed by atoms with van der Waals surface area (Å²) in [6.45, 7) is 0. The molecule has 0 saturated carbocycles. The van der Waals surface area contributed by atoms with Gasteiger partial charge in [-0.05, 0) is 12.1 Å². The van der Waals surface area contributed by atoms with Crippen molar-refractivity contribution in [1.82, 2.24) is 20.4 Å². The number of benzene rings is 1. The number of aromatic nitrogens is 4. The highest BCUT2D eigenvalue weighted by atomic mass is 16.4. The zero-order valence-electron chi connectivity index (χ0n) is 8.20. The molecule has 80 valence electrons. The Labute approximate surface area is 89.9 Å². The van der Waals surface area contributed by atoms with Gasteiger partial charge in [-0.1, -0.05) is 12.1 Å². The third kappa shape index (κ3) is 2.50. The molecule has 0 radical (unpaired) electrons. The van der Waals surface area contributed by atoms with Gasteiger partial charge in [-0.25, -0.2) is 9.78 Å². The molecule has 0 aliphatic heterocycles. The van der Waals surface area contributed by atoms with E-state index in [1.54, 1.807) is 30.6 Å². The number of nitrogens with one attached hydrogen (secondary N) is 1. The van der Waals surface area contributed by atoms with Gasteiger partial charge in [-0.3, -0.25) is 0 Å². The van der Waals surface area contributed by atoms with E-state index in [1.165, 1.54) is 6.20 Å². The minimum absolute atomic E-state index is 0.413. The van der Waals surface area contributed by atoms with Crippen LogP contribution in [0.2, 0.25) is 0 Å². The molecule has 0 amide bonds. The maximum Gasteiger partial charge on any atom is 0.354 e. The third-order valence-electron chi connectivity index (χ3n) is 1.72. The van der Waals surface area contributed by atoms with Gasteiger partial charge in [0.1, 0.15) is 11.7 Å². The quantitative estimate of drug-likeness (QED) is 0.605. The first kappa shape index (κ1) is 10.0. The van der Waals surface area contributed by atoms with E-state index >= 15 is 0 Å². The van der Waals surface area contributed by atoms with Crippen LogP contribution in [0.15, 0.2) is 52.1 Å². The average molecular weight is 216 g/mol. The van der Waals surface area contributed by atoms with Gasteiger partial charge in [0.05, 0.1) is 12.4 Å². The van der Waals surface area contributed by atoms with Crippen LogP contribution >= 0.6 is 0 Å². The largest absolute Gasteiger partial charge is 0.420 e. The van der Waals surface area contributed by atoms with E-state index in [0.29, 0.717) is 11.1 Å². The minimum Gasteiger partial charge on any atom is -0.420 e. The molecule has 0 unspecified atom stereocenters. The molecule has 0 aliphatic rings. The number of para-hydroxylation sites is 2. The van der Waals surface area contributed by atoms with Gasteiger partial charge in [0.15, 0.2) is 5.58 Å². The van der Waals surface area contributed by atoms with E-state index in [-0.39, 0.29) is 0 Å². The van der Waals surface area contributed by atoms with Crippen LogP contribution < -0.4 is 5.63 Å². The van der Waals surface area contributed by atoms with Crippen molar-refractivity contribution in [2.45, 2.75) is 0 Å². The fourth-order valence-corrected chi connectivity index (χ4v) is 1.07. The lowest BCUT2D eigenvalue weighted by Gasteiger charge is -1.90. The maximum absolute atomic E-state index is 10.7. The Morgan fingerprint density at radius 2 is 1.88 bits per heavy atom. The topological polar surface area (TPSA) is 84.7 Å². The Balaban J connectivity index is 0.000000162. The number of hydrogen-bond acceptors (Lipinski definition) is 5. The van der Waals surface area contributed by atoms with Crippen LogP contribution in [0.5, 0.6) is 0 Å². The monoisotopic (exact) mass is 216 g/mol. The van der Waals surface area contributed by atoms with Crippen LogP contribution in [-0.4, -0.2) is 20.4 Å². The van der Waals surface area contributed by atoms with Crippen LogP contribution in [0.3, 0.4) is 0 Å². The van der Waals surface area contributed by atoms with Crippen LogP contribution in [0.4, 0.5) is 0 Å². The molecule has 3 rings (SSSR count). The molecule has 6 nitrogen and oxygen atoms in total. The molecule has 1 aromatic carbocycles. The number of nitrogens with zero attached hydrogens (tertiary/aromatic N) is 3. The van der Waals surface area contributed by atoms with Crippen molar-refractivity contribution in [2.24, 2.45) is 0 Å². The van der Waals surface area contributed by atoms with Crippen molar-refractivity contribution < 1.29 is 4.42 Å². The molecule has 6 heteroatoms. The standard InChI is InChI=1S/C8H5NO2.C2H3N3/c10-8-5-9-6-3-1-2-4-7(6)11-8;1-2-4-5-3-1/h1-5H;1-2H,(H,3,4,5). The summed E-state index contributed by atoms with van der Waals surface area (Å²) in [5, 5.41) is 9.33. The summed E-state index contributed by atoms with van der Waals surface area (Å²) < 4.78 is 4.84. The summed E-state index contributed by atoms with van der Waals surface area (Å²) in [4.78, 5) is 14.5. The summed E-state index contributed by atoms with van der Waals surface area (Å²) >= 11 is 0. The Hall–Kier alpha value is -2.50. The van der Waals surface area contributed by atoms with Crippen molar-refractivity contribution in [1.29, 1.82) is 0 Å². The second-order valence-corrected chi connectivity index (χ2v) is 2.80.